The molecule has 2 aromatic rings. The van der Waals surface area contributed by atoms with Crippen LogP contribution in [-0.2, 0) is 6.54 Å². The number of rotatable bonds is 6. The molecule has 1 aromatic heterocycles. The number of aromatic nitrogens is 2. The summed E-state index contributed by atoms with van der Waals surface area (Å²) in [7, 11) is 0. The Kier molecular flexibility index (Phi) is 5.17. The second-order valence-electron chi connectivity index (χ2n) is 4.92. The molecule has 0 aliphatic rings. The monoisotopic (exact) mass is 293 g/mol. The quantitative estimate of drug-likeness (QED) is 0.805. The van der Waals surface area contributed by atoms with Crippen LogP contribution in [0.5, 0.6) is 0 Å². The molecule has 0 spiro atoms. The van der Waals surface area contributed by atoms with E-state index in [0.29, 0.717) is 11.7 Å². The van der Waals surface area contributed by atoms with Gasteiger partial charge in [-0.05, 0) is 38.9 Å². The zero-order valence-corrected chi connectivity index (χ0v) is 12.6. The molecule has 0 aliphatic carbocycles. The number of aliphatic hydroxyl groups excluding tert-OH is 1. The lowest BCUT2D eigenvalue weighted by Gasteiger charge is -2.07. The maximum atomic E-state index is 9.23. The van der Waals surface area contributed by atoms with Gasteiger partial charge in [0.15, 0.2) is 0 Å². The van der Waals surface area contributed by atoms with E-state index in [9.17, 15) is 5.11 Å². The highest BCUT2D eigenvalue weighted by Gasteiger charge is 2.13. The van der Waals surface area contributed by atoms with Gasteiger partial charge in [-0.25, -0.2) is 4.68 Å². The van der Waals surface area contributed by atoms with Crippen molar-refractivity contribution in [3.8, 4) is 5.69 Å². The number of para-hydroxylation sites is 1. The van der Waals surface area contributed by atoms with Crippen molar-refractivity contribution in [1.29, 1.82) is 0 Å². The maximum Gasteiger partial charge on any atom is 0.137 e. The topological polar surface area (TPSA) is 50.1 Å². The van der Waals surface area contributed by atoms with Crippen molar-refractivity contribution < 1.29 is 5.11 Å². The molecule has 2 N–H and O–H groups in total. The van der Waals surface area contributed by atoms with Crippen molar-refractivity contribution in [2.24, 2.45) is 0 Å². The van der Waals surface area contributed by atoms with Gasteiger partial charge in [-0.2, -0.15) is 5.10 Å². The number of nitrogens with zero attached hydrogens (tertiary/aromatic N) is 2. The van der Waals surface area contributed by atoms with Crippen LogP contribution in [0.2, 0.25) is 5.15 Å². The largest absolute Gasteiger partial charge is 0.393 e. The third-order valence-corrected chi connectivity index (χ3v) is 3.55. The highest BCUT2D eigenvalue weighted by Crippen LogP contribution is 2.23. The Hall–Kier alpha value is -1.36. The lowest BCUT2D eigenvalue weighted by Crippen LogP contribution is -2.19. The van der Waals surface area contributed by atoms with E-state index in [2.05, 4.69) is 10.4 Å². The molecule has 0 saturated carbocycles. The summed E-state index contributed by atoms with van der Waals surface area (Å²) in [6.07, 6.45) is 0.440. The summed E-state index contributed by atoms with van der Waals surface area (Å²) in [4.78, 5) is 0. The normalized spacial score (nSPS) is 12.6. The number of benzene rings is 1. The van der Waals surface area contributed by atoms with Gasteiger partial charge in [0.2, 0.25) is 0 Å². The Bertz CT molecular complexity index is 552. The summed E-state index contributed by atoms with van der Waals surface area (Å²) in [6.45, 7) is 5.15. The zero-order chi connectivity index (χ0) is 14.5. The molecule has 5 heteroatoms. The fourth-order valence-corrected chi connectivity index (χ4v) is 2.34. The molecule has 108 valence electrons. The predicted octanol–water partition coefficient (Wildman–Crippen LogP) is 2.69. The second kappa shape index (κ2) is 6.88. The van der Waals surface area contributed by atoms with Crippen LogP contribution in [0.25, 0.3) is 5.69 Å². The number of aliphatic hydroxyl groups is 1. The molecule has 0 aliphatic heterocycles. The van der Waals surface area contributed by atoms with Crippen molar-refractivity contribution in [3.63, 3.8) is 0 Å². The molecule has 0 fully saturated rings. The van der Waals surface area contributed by atoms with Crippen LogP contribution in [0.3, 0.4) is 0 Å². The van der Waals surface area contributed by atoms with Gasteiger partial charge in [-0.1, -0.05) is 29.8 Å². The molecule has 1 heterocycles. The van der Waals surface area contributed by atoms with Crippen molar-refractivity contribution in [2.45, 2.75) is 32.9 Å². The van der Waals surface area contributed by atoms with Crippen LogP contribution in [0.4, 0.5) is 0 Å². The molecule has 2 rings (SSSR count). The minimum atomic E-state index is -0.286. The van der Waals surface area contributed by atoms with Gasteiger partial charge in [0, 0.05) is 12.1 Å². The Labute approximate surface area is 124 Å². The van der Waals surface area contributed by atoms with Crippen molar-refractivity contribution >= 4 is 11.6 Å². The van der Waals surface area contributed by atoms with E-state index in [1.54, 1.807) is 11.6 Å². The second-order valence-corrected chi connectivity index (χ2v) is 5.27. The molecule has 0 saturated heterocycles. The Morgan fingerprint density at radius 3 is 2.70 bits per heavy atom. The predicted molar refractivity (Wildman–Crippen MR) is 81.3 cm³/mol. The summed E-state index contributed by atoms with van der Waals surface area (Å²) in [5.41, 5.74) is 2.88. The molecule has 0 radical (unpaired) electrons. The number of halogens is 1. The maximum absolute atomic E-state index is 9.23. The molecular formula is C15H20ClN3O. The first kappa shape index (κ1) is 15.0. The van der Waals surface area contributed by atoms with E-state index in [0.717, 1.165) is 29.9 Å². The Balaban J connectivity index is 2.09. The van der Waals surface area contributed by atoms with Crippen molar-refractivity contribution in [2.75, 3.05) is 6.54 Å². The van der Waals surface area contributed by atoms with Crippen molar-refractivity contribution in [1.82, 2.24) is 15.1 Å². The van der Waals surface area contributed by atoms with Gasteiger partial charge < -0.3 is 10.4 Å². The number of nitrogens with one attached hydrogen (secondary N) is 1. The minimum absolute atomic E-state index is 0.286. The van der Waals surface area contributed by atoms with Crippen LogP contribution in [-0.4, -0.2) is 27.5 Å². The fourth-order valence-electron chi connectivity index (χ4n) is 2.00. The highest BCUT2D eigenvalue weighted by molar-refractivity contribution is 6.30. The Morgan fingerprint density at radius 1 is 1.35 bits per heavy atom. The molecule has 1 unspecified atom stereocenters. The van der Waals surface area contributed by atoms with Crippen molar-refractivity contribution in [3.05, 3.63) is 46.7 Å². The van der Waals surface area contributed by atoms with Crippen LogP contribution < -0.4 is 5.32 Å². The average molecular weight is 294 g/mol. The lowest BCUT2D eigenvalue weighted by molar-refractivity contribution is 0.183. The van der Waals surface area contributed by atoms with E-state index in [-0.39, 0.29) is 6.10 Å². The third-order valence-electron chi connectivity index (χ3n) is 3.16. The van der Waals surface area contributed by atoms with Crippen LogP contribution in [0.15, 0.2) is 30.3 Å². The van der Waals surface area contributed by atoms with Gasteiger partial charge in [-0.3, -0.25) is 0 Å². The van der Waals surface area contributed by atoms with E-state index in [1.807, 2.05) is 37.3 Å². The first-order valence-electron chi connectivity index (χ1n) is 6.77. The summed E-state index contributed by atoms with van der Waals surface area (Å²) < 4.78 is 1.75. The van der Waals surface area contributed by atoms with E-state index in [4.69, 9.17) is 11.6 Å². The summed E-state index contributed by atoms with van der Waals surface area (Å²) >= 11 is 6.42. The summed E-state index contributed by atoms with van der Waals surface area (Å²) in [5.74, 6) is 0. The lowest BCUT2D eigenvalue weighted by atomic mass is 10.2. The molecule has 1 atom stereocenters. The number of hydrogen-bond donors (Lipinski definition) is 2. The first-order chi connectivity index (χ1) is 9.59. The van der Waals surface area contributed by atoms with Gasteiger partial charge >= 0.3 is 0 Å². The highest BCUT2D eigenvalue weighted by atomic mass is 35.5. The van der Waals surface area contributed by atoms with Gasteiger partial charge in [0.05, 0.1) is 17.5 Å². The van der Waals surface area contributed by atoms with E-state index < -0.39 is 0 Å². The summed E-state index contributed by atoms with van der Waals surface area (Å²) in [6, 6.07) is 9.84. The van der Waals surface area contributed by atoms with Crippen LogP contribution in [0.1, 0.15) is 24.6 Å². The molecule has 20 heavy (non-hydrogen) atoms. The zero-order valence-electron chi connectivity index (χ0n) is 11.8. The van der Waals surface area contributed by atoms with Gasteiger partial charge in [0.1, 0.15) is 5.15 Å². The summed E-state index contributed by atoms with van der Waals surface area (Å²) in [5, 5.41) is 17.6. The van der Waals surface area contributed by atoms with Crippen LogP contribution in [0, 0.1) is 6.92 Å². The standard InChI is InChI=1S/C15H20ClN3O/c1-11(20)8-9-17-10-14-12(2)18-19(15(14)16)13-6-4-3-5-7-13/h3-7,11,17,20H,8-10H2,1-2H3. The SMILES string of the molecule is Cc1nn(-c2ccccc2)c(Cl)c1CNCCC(C)O. The van der Waals surface area contributed by atoms with Crippen LogP contribution >= 0.6 is 11.6 Å². The van der Waals surface area contributed by atoms with E-state index >= 15 is 0 Å². The molecule has 4 nitrogen and oxygen atoms in total. The smallest absolute Gasteiger partial charge is 0.137 e. The average Bonchev–Trinajstić information content (AvgIpc) is 2.71. The molecule has 0 bridgehead atoms. The van der Waals surface area contributed by atoms with E-state index in [1.165, 1.54) is 0 Å². The molecule has 0 amide bonds. The third kappa shape index (κ3) is 3.60. The van der Waals surface area contributed by atoms with Gasteiger partial charge in [0.25, 0.3) is 0 Å². The number of aryl methyl sites for hydroxylation is 1. The minimum Gasteiger partial charge on any atom is -0.393 e. The van der Waals surface area contributed by atoms with Gasteiger partial charge in [-0.15, -0.1) is 0 Å². The molecular weight excluding hydrogens is 274 g/mol. The Morgan fingerprint density at radius 2 is 2.05 bits per heavy atom. The number of hydrogen-bond acceptors (Lipinski definition) is 3. The molecule has 1 aromatic carbocycles. The first-order valence-corrected chi connectivity index (χ1v) is 7.15. The fraction of sp³-hybridized carbons (Fsp3) is 0.400.